The highest BCUT2D eigenvalue weighted by Gasteiger charge is 2.25. The van der Waals surface area contributed by atoms with Crippen LogP contribution in [0.15, 0.2) is 41.6 Å². The van der Waals surface area contributed by atoms with Crippen LogP contribution in [0.2, 0.25) is 0 Å². The number of hydrogen-bond donors (Lipinski definition) is 2. The number of rotatable bonds is 3. The van der Waals surface area contributed by atoms with E-state index >= 15 is 0 Å². The van der Waals surface area contributed by atoms with Gasteiger partial charge in [0, 0.05) is 12.4 Å². The van der Waals surface area contributed by atoms with Crippen LogP contribution in [0.25, 0.3) is 0 Å². The molecule has 8 nitrogen and oxygen atoms in total. The van der Waals surface area contributed by atoms with Gasteiger partial charge in [0.2, 0.25) is 5.95 Å². The van der Waals surface area contributed by atoms with Crippen LogP contribution in [0.5, 0.6) is 5.75 Å². The largest absolute Gasteiger partial charge is 0.479 e. The number of nitrogens with zero attached hydrogens (tertiary/aromatic N) is 2. The molecule has 1 atom stereocenters. The standard InChI is InChI=1S/C13H12N4O4S/c1-8-12(18)16-10-7-9(3-4-11(10)21-8)22(19,20)17-13-14-5-2-6-15-13/h2-8H,1H3,(H,16,18)(H,14,15,17). The summed E-state index contributed by atoms with van der Waals surface area (Å²) in [5.41, 5.74) is 0.306. The van der Waals surface area contributed by atoms with Gasteiger partial charge in [0.05, 0.1) is 10.6 Å². The third kappa shape index (κ3) is 2.70. The fourth-order valence-electron chi connectivity index (χ4n) is 1.89. The molecule has 114 valence electrons. The first-order chi connectivity index (χ1) is 10.5. The fraction of sp³-hybridized carbons (Fsp3) is 0.154. The maximum absolute atomic E-state index is 12.3. The van der Waals surface area contributed by atoms with Gasteiger partial charge >= 0.3 is 0 Å². The highest BCUT2D eigenvalue weighted by molar-refractivity contribution is 7.92. The van der Waals surface area contributed by atoms with Gasteiger partial charge in [0.25, 0.3) is 15.9 Å². The molecule has 0 fully saturated rings. The van der Waals surface area contributed by atoms with E-state index in [2.05, 4.69) is 20.0 Å². The molecule has 3 rings (SSSR count). The van der Waals surface area contributed by atoms with E-state index in [1.54, 1.807) is 13.0 Å². The third-order valence-electron chi connectivity index (χ3n) is 2.98. The summed E-state index contributed by atoms with van der Waals surface area (Å²) in [6, 6.07) is 5.77. The fourth-order valence-corrected chi connectivity index (χ4v) is 2.87. The number of benzene rings is 1. The summed E-state index contributed by atoms with van der Waals surface area (Å²) in [7, 11) is -3.86. The Bertz CT molecular complexity index is 823. The average Bonchev–Trinajstić information content (AvgIpc) is 2.48. The van der Waals surface area contributed by atoms with E-state index in [1.165, 1.54) is 30.6 Å². The molecule has 2 heterocycles. The maximum atomic E-state index is 12.3. The van der Waals surface area contributed by atoms with Gasteiger partial charge in [-0.1, -0.05) is 0 Å². The van der Waals surface area contributed by atoms with Gasteiger partial charge < -0.3 is 10.1 Å². The second-order valence-electron chi connectivity index (χ2n) is 4.59. The smallest absolute Gasteiger partial charge is 0.265 e. The number of aromatic nitrogens is 2. The van der Waals surface area contributed by atoms with E-state index < -0.39 is 16.1 Å². The van der Waals surface area contributed by atoms with Crippen molar-refractivity contribution < 1.29 is 17.9 Å². The predicted molar refractivity (Wildman–Crippen MR) is 78.0 cm³/mol. The van der Waals surface area contributed by atoms with Crippen LogP contribution in [0.4, 0.5) is 11.6 Å². The van der Waals surface area contributed by atoms with Gasteiger partial charge in [-0.25, -0.2) is 23.1 Å². The SMILES string of the molecule is CC1Oc2ccc(S(=O)(=O)Nc3ncccn3)cc2NC1=O. The van der Waals surface area contributed by atoms with Crippen LogP contribution in [-0.2, 0) is 14.8 Å². The zero-order chi connectivity index (χ0) is 15.7. The molecule has 0 bridgehead atoms. The van der Waals surface area contributed by atoms with Crippen molar-refractivity contribution in [3.05, 3.63) is 36.7 Å². The number of sulfonamides is 1. The van der Waals surface area contributed by atoms with Crippen LogP contribution >= 0.6 is 0 Å². The molecular formula is C13H12N4O4S. The molecule has 2 N–H and O–H groups in total. The van der Waals surface area contributed by atoms with Crippen molar-refractivity contribution in [2.45, 2.75) is 17.9 Å². The van der Waals surface area contributed by atoms with E-state index in [1.807, 2.05) is 0 Å². The summed E-state index contributed by atoms with van der Waals surface area (Å²) in [5.74, 6) is 0.0533. The molecule has 0 saturated carbocycles. The van der Waals surface area contributed by atoms with Crippen molar-refractivity contribution >= 4 is 27.6 Å². The Balaban J connectivity index is 1.92. The lowest BCUT2D eigenvalue weighted by molar-refractivity contribution is -0.122. The maximum Gasteiger partial charge on any atom is 0.265 e. The van der Waals surface area contributed by atoms with Crippen molar-refractivity contribution in [1.82, 2.24) is 9.97 Å². The summed E-state index contributed by atoms with van der Waals surface area (Å²) in [6.07, 6.45) is 2.23. The van der Waals surface area contributed by atoms with Crippen molar-refractivity contribution in [2.24, 2.45) is 0 Å². The Kier molecular flexibility index (Phi) is 3.41. The second kappa shape index (κ2) is 5.26. The Morgan fingerprint density at radius 3 is 2.73 bits per heavy atom. The summed E-state index contributed by atoms with van der Waals surface area (Å²) in [6.45, 7) is 1.61. The Morgan fingerprint density at radius 2 is 2.00 bits per heavy atom. The monoisotopic (exact) mass is 320 g/mol. The highest BCUT2D eigenvalue weighted by Crippen LogP contribution is 2.32. The van der Waals surface area contributed by atoms with Crippen LogP contribution in [-0.4, -0.2) is 30.4 Å². The zero-order valence-corrected chi connectivity index (χ0v) is 12.3. The van der Waals surface area contributed by atoms with Gasteiger partial charge in [0.1, 0.15) is 5.75 Å². The average molecular weight is 320 g/mol. The summed E-state index contributed by atoms with van der Waals surface area (Å²) in [4.78, 5) is 19.2. The Labute approximate surface area is 126 Å². The van der Waals surface area contributed by atoms with Gasteiger partial charge in [-0.15, -0.1) is 0 Å². The number of fused-ring (bicyclic) bond motifs is 1. The number of amides is 1. The third-order valence-corrected chi connectivity index (χ3v) is 4.31. The first-order valence-corrected chi connectivity index (χ1v) is 7.85. The number of anilines is 2. The molecule has 1 aliphatic heterocycles. The van der Waals surface area contributed by atoms with Crippen LogP contribution < -0.4 is 14.8 Å². The van der Waals surface area contributed by atoms with E-state index in [0.717, 1.165) is 0 Å². The molecule has 9 heteroatoms. The van der Waals surface area contributed by atoms with Gasteiger partial charge in [-0.05, 0) is 31.2 Å². The number of carbonyl (C=O) groups excluding carboxylic acids is 1. The second-order valence-corrected chi connectivity index (χ2v) is 6.27. The molecule has 0 saturated heterocycles. The van der Waals surface area contributed by atoms with Crippen molar-refractivity contribution in [3.63, 3.8) is 0 Å². The number of nitrogens with one attached hydrogen (secondary N) is 2. The van der Waals surface area contributed by atoms with E-state index in [4.69, 9.17) is 4.74 Å². The molecule has 1 aromatic heterocycles. The Morgan fingerprint density at radius 1 is 1.27 bits per heavy atom. The van der Waals surface area contributed by atoms with Crippen molar-refractivity contribution in [2.75, 3.05) is 10.0 Å². The van der Waals surface area contributed by atoms with Crippen LogP contribution in [0.3, 0.4) is 0 Å². The first kappa shape index (κ1) is 14.3. The number of ether oxygens (including phenoxy) is 1. The Hall–Kier alpha value is -2.68. The predicted octanol–water partition coefficient (Wildman–Crippen LogP) is 0.997. The van der Waals surface area contributed by atoms with Gasteiger partial charge in [0.15, 0.2) is 6.10 Å². The lowest BCUT2D eigenvalue weighted by atomic mass is 10.2. The van der Waals surface area contributed by atoms with E-state index in [9.17, 15) is 13.2 Å². The topological polar surface area (TPSA) is 110 Å². The summed E-state index contributed by atoms with van der Waals surface area (Å²) >= 11 is 0. The van der Waals surface area contributed by atoms with E-state index in [-0.39, 0.29) is 16.8 Å². The normalized spacial score (nSPS) is 17.1. The zero-order valence-electron chi connectivity index (χ0n) is 11.5. The summed E-state index contributed by atoms with van der Waals surface area (Å²) < 4.78 is 32.2. The minimum absolute atomic E-state index is 0.0304. The summed E-state index contributed by atoms with van der Waals surface area (Å²) in [5, 5.41) is 2.60. The van der Waals surface area contributed by atoms with Gasteiger partial charge in [-0.2, -0.15) is 0 Å². The first-order valence-electron chi connectivity index (χ1n) is 6.37. The molecule has 0 spiro atoms. The quantitative estimate of drug-likeness (QED) is 0.873. The van der Waals surface area contributed by atoms with Crippen LogP contribution in [0, 0.1) is 0 Å². The molecule has 2 aromatic rings. The van der Waals surface area contributed by atoms with Crippen molar-refractivity contribution in [3.8, 4) is 5.75 Å². The van der Waals surface area contributed by atoms with Crippen molar-refractivity contribution in [1.29, 1.82) is 0 Å². The minimum Gasteiger partial charge on any atom is -0.479 e. The van der Waals surface area contributed by atoms with E-state index in [0.29, 0.717) is 11.4 Å². The molecule has 1 amide bonds. The van der Waals surface area contributed by atoms with Crippen LogP contribution in [0.1, 0.15) is 6.92 Å². The lowest BCUT2D eigenvalue weighted by Gasteiger charge is -2.23. The molecule has 0 radical (unpaired) electrons. The number of carbonyl (C=O) groups is 1. The number of hydrogen-bond acceptors (Lipinski definition) is 6. The molecule has 0 aliphatic carbocycles. The molecule has 22 heavy (non-hydrogen) atoms. The minimum atomic E-state index is -3.86. The van der Waals surface area contributed by atoms with Gasteiger partial charge in [-0.3, -0.25) is 4.79 Å². The molecule has 1 unspecified atom stereocenters. The molecule has 1 aromatic carbocycles. The lowest BCUT2D eigenvalue weighted by Crippen LogP contribution is -2.34. The highest BCUT2D eigenvalue weighted by atomic mass is 32.2. The molecule has 1 aliphatic rings. The molecular weight excluding hydrogens is 308 g/mol.